The molecule has 0 bridgehead atoms. The van der Waals surface area contributed by atoms with Crippen molar-refractivity contribution in [1.29, 1.82) is 0 Å². The average molecular weight is 226 g/mol. The van der Waals surface area contributed by atoms with Gasteiger partial charge in [-0.25, -0.2) is 9.78 Å². The number of nitrogens with zero attached hydrogens (tertiary/aromatic N) is 1. The minimum atomic E-state index is -0.318. The van der Waals surface area contributed by atoms with E-state index in [1.165, 1.54) is 11.3 Å². The quantitative estimate of drug-likeness (QED) is 0.800. The lowest BCUT2D eigenvalue weighted by molar-refractivity contribution is 0.0531. The molecule has 0 radical (unpaired) electrons. The molecule has 5 heteroatoms. The third-order valence-electron chi connectivity index (χ3n) is 1.63. The molecular formula is C10H14N2O2S. The van der Waals surface area contributed by atoms with Gasteiger partial charge in [0.15, 0.2) is 0 Å². The zero-order valence-electron chi connectivity index (χ0n) is 9.03. The van der Waals surface area contributed by atoms with Crippen molar-refractivity contribution in [2.75, 3.05) is 6.61 Å². The van der Waals surface area contributed by atoms with E-state index in [1.54, 1.807) is 26.8 Å². The van der Waals surface area contributed by atoms with Crippen LogP contribution >= 0.6 is 11.3 Å². The Labute approximate surface area is 92.8 Å². The molecule has 0 aliphatic rings. The van der Waals surface area contributed by atoms with E-state index in [0.29, 0.717) is 22.9 Å². The minimum absolute atomic E-state index is 0.318. The van der Waals surface area contributed by atoms with Gasteiger partial charge >= 0.3 is 5.97 Å². The lowest BCUT2D eigenvalue weighted by Gasteiger charge is -1.97. The van der Waals surface area contributed by atoms with Crippen molar-refractivity contribution in [1.82, 2.24) is 4.98 Å². The van der Waals surface area contributed by atoms with Gasteiger partial charge in [0, 0.05) is 5.70 Å². The molecule has 15 heavy (non-hydrogen) atoms. The molecule has 0 spiro atoms. The summed E-state index contributed by atoms with van der Waals surface area (Å²) in [5.41, 5.74) is 6.88. The Morgan fingerprint density at radius 2 is 2.33 bits per heavy atom. The highest BCUT2D eigenvalue weighted by atomic mass is 32.1. The molecule has 4 nitrogen and oxygen atoms in total. The molecule has 0 aliphatic heterocycles. The Kier molecular flexibility index (Phi) is 3.85. The summed E-state index contributed by atoms with van der Waals surface area (Å²) in [4.78, 5) is 16.2. The maximum atomic E-state index is 11.5. The van der Waals surface area contributed by atoms with Crippen LogP contribution in [0.25, 0.3) is 6.08 Å². The van der Waals surface area contributed by atoms with E-state index >= 15 is 0 Å². The van der Waals surface area contributed by atoms with Crippen molar-refractivity contribution in [3.63, 3.8) is 0 Å². The number of rotatable bonds is 3. The van der Waals surface area contributed by atoms with Crippen molar-refractivity contribution in [3.8, 4) is 0 Å². The van der Waals surface area contributed by atoms with E-state index in [4.69, 9.17) is 10.5 Å². The molecule has 0 fully saturated rings. The van der Waals surface area contributed by atoms with Gasteiger partial charge in [-0.05, 0) is 26.8 Å². The molecule has 0 amide bonds. The van der Waals surface area contributed by atoms with Crippen LogP contribution in [0.15, 0.2) is 5.70 Å². The number of aromatic nitrogens is 1. The Morgan fingerprint density at radius 1 is 1.67 bits per heavy atom. The summed E-state index contributed by atoms with van der Waals surface area (Å²) in [5, 5.41) is 0.732. The van der Waals surface area contributed by atoms with Crippen molar-refractivity contribution >= 4 is 23.4 Å². The van der Waals surface area contributed by atoms with E-state index < -0.39 is 0 Å². The third-order valence-corrected chi connectivity index (χ3v) is 2.71. The predicted octanol–water partition coefficient (Wildman–Crippen LogP) is 1.95. The number of ether oxygens (including phenoxy) is 1. The monoisotopic (exact) mass is 226 g/mol. The van der Waals surface area contributed by atoms with E-state index in [0.717, 1.165) is 5.01 Å². The minimum Gasteiger partial charge on any atom is -0.462 e. The van der Waals surface area contributed by atoms with Gasteiger partial charge in [-0.3, -0.25) is 0 Å². The molecule has 0 aliphatic carbocycles. The van der Waals surface area contributed by atoms with Gasteiger partial charge in [0.25, 0.3) is 0 Å². The molecule has 1 heterocycles. The highest BCUT2D eigenvalue weighted by Gasteiger charge is 2.15. The first kappa shape index (κ1) is 11.7. The summed E-state index contributed by atoms with van der Waals surface area (Å²) in [5.74, 6) is -0.318. The van der Waals surface area contributed by atoms with Crippen molar-refractivity contribution in [2.24, 2.45) is 5.73 Å². The Morgan fingerprint density at radius 3 is 2.87 bits per heavy atom. The Balaban J connectivity index is 2.96. The second-order valence-corrected chi connectivity index (χ2v) is 4.11. The molecule has 0 aromatic carbocycles. The molecule has 82 valence electrons. The lowest BCUT2D eigenvalue weighted by Crippen LogP contribution is -2.03. The van der Waals surface area contributed by atoms with Gasteiger partial charge in [0.2, 0.25) is 0 Å². The maximum Gasteiger partial charge on any atom is 0.350 e. The number of nitrogens with two attached hydrogens (primary N) is 1. The normalized spacial score (nSPS) is 11.5. The summed E-state index contributed by atoms with van der Waals surface area (Å²) in [6.07, 6.45) is 1.74. The van der Waals surface area contributed by atoms with Gasteiger partial charge in [-0.1, -0.05) is 0 Å². The number of esters is 1. The van der Waals surface area contributed by atoms with Crippen LogP contribution in [0, 0.1) is 6.92 Å². The predicted molar refractivity (Wildman–Crippen MR) is 60.6 cm³/mol. The number of thiazole rings is 1. The zero-order chi connectivity index (χ0) is 11.4. The van der Waals surface area contributed by atoms with Crippen LogP contribution in [-0.4, -0.2) is 17.6 Å². The number of aryl methyl sites for hydroxylation is 1. The van der Waals surface area contributed by atoms with E-state index in [9.17, 15) is 4.79 Å². The Bertz CT molecular complexity index is 392. The third kappa shape index (κ3) is 3.06. The standard InChI is InChI=1S/C10H14N2O2S/c1-4-14-10(13)9-7(3)12-8(15-9)5-6(2)11/h5H,4,11H2,1-3H3/b6-5+. The van der Waals surface area contributed by atoms with Crippen LogP contribution in [0.2, 0.25) is 0 Å². The second kappa shape index (κ2) is 4.93. The van der Waals surface area contributed by atoms with Gasteiger partial charge in [-0.2, -0.15) is 0 Å². The van der Waals surface area contributed by atoms with Crippen LogP contribution in [0.1, 0.15) is 34.2 Å². The number of allylic oxidation sites excluding steroid dienone is 1. The van der Waals surface area contributed by atoms with Crippen LogP contribution in [0.3, 0.4) is 0 Å². The molecule has 0 saturated carbocycles. The van der Waals surface area contributed by atoms with Crippen molar-refractivity contribution in [2.45, 2.75) is 20.8 Å². The van der Waals surface area contributed by atoms with Crippen molar-refractivity contribution in [3.05, 3.63) is 21.3 Å². The molecular weight excluding hydrogens is 212 g/mol. The van der Waals surface area contributed by atoms with Gasteiger partial charge in [0.1, 0.15) is 9.88 Å². The van der Waals surface area contributed by atoms with E-state index in [1.807, 2.05) is 0 Å². The molecule has 2 N–H and O–H groups in total. The average Bonchev–Trinajstić information content (AvgIpc) is 2.46. The first-order chi connectivity index (χ1) is 7.04. The second-order valence-electron chi connectivity index (χ2n) is 3.08. The van der Waals surface area contributed by atoms with Crippen LogP contribution in [0.5, 0.6) is 0 Å². The van der Waals surface area contributed by atoms with Crippen LogP contribution in [-0.2, 0) is 4.74 Å². The summed E-state index contributed by atoms with van der Waals surface area (Å²) >= 11 is 1.29. The summed E-state index contributed by atoms with van der Waals surface area (Å²) in [6.45, 7) is 5.71. The van der Waals surface area contributed by atoms with Gasteiger partial charge in [0.05, 0.1) is 12.3 Å². The highest BCUT2D eigenvalue weighted by molar-refractivity contribution is 7.14. The summed E-state index contributed by atoms with van der Waals surface area (Å²) in [7, 11) is 0. The fourth-order valence-corrected chi connectivity index (χ4v) is 2.03. The number of carbonyl (C=O) groups is 1. The molecule has 1 aromatic heterocycles. The van der Waals surface area contributed by atoms with Gasteiger partial charge in [-0.15, -0.1) is 11.3 Å². The number of carbonyl (C=O) groups excluding carboxylic acids is 1. The SMILES string of the molecule is CCOC(=O)c1sc(/C=C(\C)N)nc1C. The smallest absolute Gasteiger partial charge is 0.350 e. The maximum absolute atomic E-state index is 11.5. The van der Waals surface area contributed by atoms with Crippen molar-refractivity contribution < 1.29 is 9.53 Å². The fourth-order valence-electron chi connectivity index (χ4n) is 1.06. The molecule has 1 aromatic rings. The van der Waals surface area contributed by atoms with E-state index in [-0.39, 0.29) is 5.97 Å². The molecule has 1 rings (SSSR count). The summed E-state index contributed by atoms with van der Waals surface area (Å²) in [6, 6.07) is 0. The van der Waals surface area contributed by atoms with Crippen LogP contribution < -0.4 is 5.73 Å². The first-order valence-corrected chi connectivity index (χ1v) is 5.44. The zero-order valence-corrected chi connectivity index (χ0v) is 9.85. The summed E-state index contributed by atoms with van der Waals surface area (Å²) < 4.78 is 4.91. The number of hydrogen-bond acceptors (Lipinski definition) is 5. The highest BCUT2D eigenvalue weighted by Crippen LogP contribution is 2.20. The Hall–Kier alpha value is -1.36. The largest absolute Gasteiger partial charge is 0.462 e. The molecule has 0 atom stereocenters. The number of hydrogen-bond donors (Lipinski definition) is 1. The topological polar surface area (TPSA) is 65.2 Å². The van der Waals surface area contributed by atoms with Crippen LogP contribution in [0.4, 0.5) is 0 Å². The first-order valence-electron chi connectivity index (χ1n) is 4.63. The van der Waals surface area contributed by atoms with E-state index in [2.05, 4.69) is 4.98 Å². The fraction of sp³-hybridized carbons (Fsp3) is 0.400. The van der Waals surface area contributed by atoms with Gasteiger partial charge < -0.3 is 10.5 Å². The lowest BCUT2D eigenvalue weighted by atomic mass is 10.4. The molecule has 0 unspecified atom stereocenters. The molecule has 0 saturated heterocycles.